The number of aryl methyl sites for hydroxylation is 2. The first-order valence-electron chi connectivity index (χ1n) is 11.9. The van der Waals surface area contributed by atoms with Gasteiger partial charge in [-0.2, -0.15) is 0 Å². The van der Waals surface area contributed by atoms with Crippen molar-refractivity contribution in [2.75, 3.05) is 26.3 Å². The van der Waals surface area contributed by atoms with Crippen LogP contribution >= 0.6 is 23.1 Å². The minimum absolute atomic E-state index is 0.0502. The van der Waals surface area contributed by atoms with Gasteiger partial charge in [0.15, 0.2) is 0 Å². The van der Waals surface area contributed by atoms with Crippen LogP contribution in [0.1, 0.15) is 47.1 Å². The zero-order chi connectivity index (χ0) is 23.1. The molecule has 1 fully saturated rings. The molecule has 1 aliphatic heterocycles. The first kappa shape index (κ1) is 22.2. The zero-order valence-electron chi connectivity index (χ0n) is 19.2. The second-order valence-electron chi connectivity index (χ2n) is 8.95. The number of thioether (sulfide) groups is 1. The summed E-state index contributed by atoms with van der Waals surface area (Å²) in [7, 11) is 0. The molecule has 176 valence electrons. The number of benzene rings is 1. The fourth-order valence-corrected chi connectivity index (χ4v) is 7.20. The second-order valence-corrected chi connectivity index (χ2v) is 11.4. The van der Waals surface area contributed by atoms with Gasteiger partial charge in [0.25, 0.3) is 5.56 Å². The van der Waals surface area contributed by atoms with E-state index in [0.29, 0.717) is 11.2 Å². The molecule has 1 N–H and O–H groups in total. The van der Waals surface area contributed by atoms with Crippen LogP contribution in [0.3, 0.4) is 0 Å². The summed E-state index contributed by atoms with van der Waals surface area (Å²) >= 11 is 3.51. The average molecular weight is 494 g/mol. The van der Waals surface area contributed by atoms with E-state index in [1.54, 1.807) is 11.8 Å². The number of H-pyrrole nitrogens is 1. The molecule has 34 heavy (non-hydrogen) atoms. The lowest BCUT2D eigenvalue weighted by Crippen LogP contribution is -2.36. The Kier molecular flexibility index (Phi) is 6.11. The third kappa shape index (κ3) is 4.26. The van der Waals surface area contributed by atoms with Gasteiger partial charge in [0.05, 0.1) is 35.9 Å². The highest BCUT2D eigenvalue weighted by molar-refractivity contribution is 7.99. The summed E-state index contributed by atoms with van der Waals surface area (Å²) < 4.78 is 5.51. The molecule has 1 aliphatic carbocycles. The zero-order valence-corrected chi connectivity index (χ0v) is 20.8. The van der Waals surface area contributed by atoms with Gasteiger partial charge in [-0.05, 0) is 50.3 Å². The van der Waals surface area contributed by atoms with Crippen molar-refractivity contribution in [3.05, 3.63) is 56.7 Å². The van der Waals surface area contributed by atoms with E-state index >= 15 is 0 Å². The predicted octanol–water partition coefficient (Wildman–Crippen LogP) is 4.49. The van der Waals surface area contributed by atoms with Crippen LogP contribution in [-0.4, -0.2) is 51.1 Å². The molecule has 0 amide bonds. The molecule has 0 saturated carbocycles. The summed E-state index contributed by atoms with van der Waals surface area (Å²) in [5, 5.41) is 2.79. The van der Waals surface area contributed by atoms with E-state index in [9.17, 15) is 4.79 Å². The molecule has 0 radical (unpaired) electrons. The second kappa shape index (κ2) is 9.37. The molecule has 7 nitrogen and oxygen atoms in total. The fourth-order valence-electron chi connectivity index (χ4n) is 4.80. The number of fused-ring (bicyclic) bond motifs is 4. The first-order valence-corrected chi connectivity index (χ1v) is 13.6. The topological polar surface area (TPSA) is 84.0 Å². The minimum Gasteiger partial charge on any atom is -0.379 e. The van der Waals surface area contributed by atoms with Crippen LogP contribution in [0.25, 0.3) is 21.1 Å². The SMILES string of the molecule is CC(Sc1nc(CN2CCOCC2)nc2sc3c(c12)CCCC3)c1nc2ccccc2c(=O)[nH]1. The highest BCUT2D eigenvalue weighted by atomic mass is 32.2. The summed E-state index contributed by atoms with van der Waals surface area (Å²) in [5.74, 6) is 1.54. The van der Waals surface area contributed by atoms with Crippen LogP contribution in [0.2, 0.25) is 0 Å². The molecule has 2 aliphatic rings. The third-order valence-corrected chi connectivity index (χ3v) is 8.88. The van der Waals surface area contributed by atoms with E-state index < -0.39 is 0 Å². The number of morpholine rings is 1. The quantitative estimate of drug-likeness (QED) is 0.324. The van der Waals surface area contributed by atoms with Gasteiger partial charge in [-0.15, -0.1) is 11.3 Å². The Morgan fingerprint density at radius 1 is 1.15 bits per heavy atom. The van der Waals surface area contributed by atoms with Crippen molar-refractivity contribution in [1.29, 1.82) is 0 Å². The summed E-state index contributed by atoms with van der Waals surface area (Å²) in [5.41, 5.74) is 2.06. The van der Waals surface area contributed by atoms with Gasteiger partial charge in [0, 0.05) is 23.4 Å². The number of rotatable bonds is 5. The Bertz CT molecular complexity index is 1410. The summed E-state index contributed by atoms with van der Waals surface area (Å²) in [4.78, 5) is 35.4. The molecule has 4 heterocycles. The van der Waals surface area contributed by atoms with Crippen molar-refractivity contribution >= 4 is 44.2 Å². The Morgan fingerprint density at radius 3 is 2.85 bits per heavy atom. The number of nitrogens with one attached hydrogen (secondary N) is 1. The van der Waals surface area contributed by atoms with Crippen LogP contribution in [-0.2, 0) is 24.1 Å². The molecule has 4 aromatic rings. The number of para-hydroxylation sites is 1. The molecule has 3 aromatic heterocycles. The van der Waals surface area contributed by atoms with Gasteiger partial charge >= 0.3 is 0 Å². The minimum atomic E-state index is -0.0956. The predicted molar refractivity (Wildman–Crippen MR) is 137 cm³/mol. The number of aromatic nitrogens is 4. The molecule has 6 rings (SSSR count). The molecular formula is C25H27N5O2S2. The monoisotopic (exact) mass is 493 g/mol. The maximum atomic E-state index is 12.7. The van der Waals surface area contributed by atoms with Crippen molar-refractivity contribution in [3.8, 4) is 0 Å². The van der Waals surface area contributed by atoms with Crippen LogP contribution < -0.4 is 5.56 Å². The number of hydrogen-bond acceptors (Lipinski definition) is 8. The maximum Gasteiger partial charge on any atom is 0.258 e. The Morgan fingerprint density at radius 2 is 1.97 bits per heavy atom. The van der Waals surface area contributed by atoms with Crippen molar-refractivity contribution in [2.45, 2.75) is 49.4 Å². The summed E-state index contributed by atoms with van der Waals surface area (Å²) in [6.07, 6.45) is 4.69. The van der Waals surface area contributed by atoms with E-state index in [4.69, 9.17) is 19.7 Å². The number of thiophene rings is 1. The number of hydrogen-bond donors (Lipinski definition) is 1. The van der Waals surface area contributed by atoms with Gasteiger partial charge in [-0.1, -0.05) is 23.9 Å². The molecule has 1 aromatic carbocycles. The van der Waals surface area contributed by atoms with Gasteiger partial charge in [0.2, 0.25) is 0 Å². The van der Waals surface area contributed by atoms with Gasteiger partial charge < -0.3 is 9.72 Å². The Labute approximate surface area is 206 Å². The highest BCUT2D eigenvalue weighted by Crippen LogP contribution is 2.43. The molecule has 1 saturated heterocycles. The normalized spacial score (nSPS) is 17.8. The van der Waals surface area contributed by atoms with Crippen molar-refractivity contribution in [1.82, 2.24) is 24.8 Å². The van der Waals surface area contributed by atoms with E-state index in [2.05, 4.69) is 16.8 Å². The Balaban J connectivity index is 1.39. The van der Waals surface area contributed by atoms with E-state index in [1.165, 1.54) is 28.7 Å². The molecule has 9 heteroatoms. The van der Waals surface area contributed by atoms with Crippen molar-refractivity contribution in [3.63, 3.8) is 0 Å². The maximum absolute atomic E-state index is 12.7. The first-order chi connectivity index (χ1) is 16.7. The lowest BCUT2D eigenvalue weighted by Gasteiger charge is -2.26. The van der Waals surface area contributed by atoms with Crippen molar-refractivity contribution < 1.29 is 4.74 Å². The fraction of sp³-hybridized carbons (Fsp3) is 0.440. The van der Waals surface area contributed by atoms with Crippen molar-refractivity contribution in [2.24, 2.45) is 0 Å². The largest absolute Gasteiger partial charge is 0.379 e. The van der Waals surface area contributed by atoms with Crippen LogP contribution in [0.15, 0.2) is 34.1 Å². The number of nitrogens with zero attached hydrogens (tertiary/aromatic N) is 4. The average Bonchev–Trinajstić information content (AvgIpc) is 3.23. The smallest absolute Gasteiger partial charge is 0.258 e. The molecular weight excluding hydrogens is 466 g/mol. The van der Waals surface area contributed by atoms with Gasteiger partial charge in [0.1, 0.15) is 21.5 Å². The number of ether oxygens (including phenoxy) is 1. The summed E-state index contributed by atoms with van der Waals surface area (Å²) in [6, 6.07) is 7.49. The lowest BCUT2D eigenvalue weighted by molar-refractivity contribution is 0.0330. The van der Waals surface area contributed by atoms with Gasteiger partial charge in [-0.3, -0.25) is 9.69 Å². The molecule has 0 bridgehead atoms. The standard InChI is InChI=1S/C25H27N5O2S2/c1-15(22-26-18-8-4-2-6-16(18)23(31)29-22)33-24-21-17-7-3-5-9-19(17)34-25(21)28-20(27-24)14-30-10-12-32-13-11-30/h2,4,6,8,15H,3,5,7,9-14H2,1H3,(H,26,29,31). The highest BCUT2D eigenvalue weighted by Gasteiger charge is 2.24. The van der Waals surface area contributed by atoms with Crippen LogP contribution in [0.4, 0.5) is 0 Å². The molecule has 0 spiro atoms. The molecule has 1 unspecified atom stereocenters. The van der Waals surface area contributed by atoms with E-state index in [-0.39, 0.29) is 10.8 Å². The van der Waals surface area contributed by atoms with Crippen LogP contribution in [0.5, 0.6) is 0 Å². The van der Waals surface area contributed by atoms with E-state index in [0.717, 1.165) is 66.9 Å². The number of aromatic amines is 1. The third-order valence-electron chi connectivity index (χ3n) is 6.60. The lowest BCUT2D eigenvalue weighted by atomic mass is 9.97. The molecule has 1 atom stereocenters. The Hall–Kier alpha value is -2.33. The van der Waals surface area contributed by atoms with Crippen LogP contribution in [0, 0.1) is 0 Å². The summed E-state index contributed by atoms with van der Waals surface area (Å²) in [6.45, 7) is 6.15. The van der Waals surface area contributed by atoms with E-state index in [1.807, 2.05) is 35.6 Å². The van der Waals surface area contributed by atoms with Gasteiger partial charge in [-0.25, -0.2) is 15.0 Å².